The van der Waals surface area contributed by atoms with Crippen molar-refractivity contribution < 1.29 is 14.8 Å². The van der Waals surface area contributed by atoms with E-state index in [1.807, 2.05) is 37.3 Å². The van der Waals surface area contributed by atoms with E-state index >= 15 is 0 Å². The Balaban J connectivity index is 1.87. The smallest absolute Gasteiger partial charge is 0.313 e. The zero-order chi connectivity index (χ0) is 17.5. The molecule has 0 spiro atoms. The summed E-state index contributed by atoms with van der Waals surface area (Å²) in [6.07, 6.45) is -0.767. The molecule has 24 heavy (non-hydrogen) atoms. The largest absolute Gasteiger partial charge is 0.484 e. The van der Waals surface area contributed by atoms with Crippen molar-refractivity contribution in [1.82, 2.24) is 5.32 Å². The van der Waals surface area contributed by atoms with Crippen LogP contribution in [0.5, 0.6) is 5.75 Å². The van der Waals surface area contributed by atoms with Crippen LogP contribution in [-0.2, 0) is 0 Å². The second-order valence-corrected chi connectivity index (χ2v) is 5.68. The lowest BCUT2D eigenvalue weighted by atomic mass is 10.1. The predicted octanol–water partition coefficient (Wildman–Crippen LogP) is 2.99. The van der Waals surface area contributed by atoms with Crippen LogP contribution >= 0.6 is 0 Å². The Morgan fingerprint density at radius 1 is 1.21 bits per heavy atom. The molecular weight excluding hydrogens is 308 g/mol. The van der Waals surface area contributed by atoms with E-state index in [1.165, 1.54) is 6.07 Å². The molecule has 0 aliphatic carbocycles. The van der Waals surface area contributed by atoms with Gasteiger partial charge in [0.05, 0.1) is 4.92 Å². The molecule has 2 atom stereocenters. The van der Waals surface area contributed by atoms with Gasteiger partial charge < -0.3 is 15.2 Å². The van der Waals surface area contributed by atoms with E-state index < -0.39 is 11.0 Å². The number of hydrogen-bond acceptors (Lipinski definition) is 5. The van der Waals surface area contributed by atoms with Crippen molar-refractivity contribution in [3.8, 4) is 5.75 Å². The molecule has 0 fully saturated rings. The average Bonchev–Trinajstić information content (AvgIpc) is 2.58. The van der Waals surface area contributed by atoms with Gasteiger partial charge in [0.1, 0.15) is 12.7 Å². The molecule has 0 bridgehead atoms. The Bertz CT molecular complexity index is 676. The van der Waals surface area contributed by atoms with Crippen molar-refractivity contribution in [2.45, 2.75) is 26.0 Å². The molecule has 2 N–H and O–H groups in total. The Hall–Kier alpha value is -2.44. The summed E-state index contributed by atoms with van der Waals surface area (Å²) >= 11 is 0. The normalized spacial score (nSPS) is 13.3. The van der Waals surface area contributed by atoms with Crippen LogP contribution in [0.1, 0.15) is 24.1 Å². The van der Waals surface area contributed by atoms with Crippen LogP contribution < -0.4 is 10.1 Å². The lowest BCUT2D eigenvalue weighted by molar-refractivity contribution is -0.386. The van der Waals surface area contributed by atoms with Gasteiger partial charge in [-0.15, -0.1) is 0 Å². The monoisotopic (exact) mass is 330 g/mol. The molecular formula is C18H22N2O4. The van der Waals surface area contributed by atoms with Crippen LogP contribution in [0.3, 0.4) is 0 Å². The Labute approximate surface area is 141 Å². The third-order valence-corrected chi connectivity index (χ3v) is 3.77. The Morgan fingerprint density at radius 3 is 2.58 bits per heavy atom. The summed E-state index contributed by atoms with van der Waals surface area (Å²) in [4.78, 5) is 10.6. The molecule has 0 aliphatic heterocycles. The SMILES string of the molecule is Cc1cccc(OCC(O)CN[C@H](C)c2ccccc2)c1[N+](=O)[O-]. The van der Waals surface area contributed by atoms with Crippen molar-refractivity contribution in [3.05, 3.63) is 69.8 Å². The molecule has 0 amide bonds. The van der Waals surface area contributed by atoms with Gasteiger partial charge in [-0.25, -0.2) is 0 Å². The zero-order valence-electron chi connectivity index (χ0n) is 13.8. The van der Waals surface area contributed by atoms with Crippen molar-refractivity contribution in [2.24, 2.45) is 0 Å². The Kier molecular flexibility index (Phi) is 6.28. The summed E-state index contributed by atoms with van der Waals surface area (Å²) in [7, 11) is 0. The van der Waals surface area contributed by atoms with E-state index in [9.17, 15) is 15.2 Å². The fraction of sp³-hybridized carbons (Fsp3) is 0.333. The molecule has 0 aromatic heterocycles. The van der Waals surface area contributed by atoms with Crippen molar-refractivity contribution in [2.75, 3.05) is 13.2 Å². The second-order valence-electron chi connectivity index (χ2n) is 5.68. The average molecular weight is 330 g/mol. The van der Waals surface area contributed by atoms with Crippen LogP contribution in [0.2, 0.25) is 0 Å². The van der Waals surface area contributed by atoms with Gasteiger partial charge in [0.25, 0.3) is 0 Å². The number of nitro groups is 1. The molecule has 0 saturated carbocycles. The van der Waals surface area contributed by atoms with Crippen LogP contribution in [0.25, 0.3) is 0 Å². The highest BCUT2D eigenvalue weighted by atomic mass is 16.6. The number of nitro benzene ring substituents is 1. The molecule has 6 nitrogen and oxygen atoms in total. The predicted molar refractivity (Wildman–Crippen MR) is 92.2 cm³/mol. The molecule has 1 unspecified atom stereocenters. The molecule has 2 aromatic rings. The highest BCUT2D eigenvalue weighted by Gasteiger charge is 2.19. The first kappa shape index (κ1) is 17.9. The molecule has 0 radical (unpaired) electrons. The van der Waals surface area contributed by atoms with Gasteiger partial charge in [-0.1, -0.05) is 42.5 Å². The number of benzene rings is 2. The summed E-state index contributed by atoms with van der Waals surface area (Å²) in [5.41, 5.74) is 1.60. The van der Waals surface area contributed by atoms with Crippen molar-refractivity contribution >= 4 is 5.69 Å². The maximum atomic E-state index is 11.1. The van der Waals surface area contributed by atoms with Gasteiger partial charge in [-0.3, -0.25) is 10.1 Å². The lowest BCUT2D eigenvalue weighted by Crippen LogP contribution is -2.33. The van der Waals surface area contributed by atoms with Gasteiger partial charge in [0.15, 0.2) is 5.75 Å². The fourth-order valence-electron chi connectivity index (χ4n) is 2.40. The van der Waals surface area contributed by atoms with Crippen LogP contribution in [0, 0.1) is 17.0 Å². The topological polar surface area (TPSA) is 84.6 Å². The van der Waals surface area contributed by atoms with E-state index in [2.05, 4.69) is 5.32 Å². The molecule has 2 aromatic carbocycles. The number of nitrogens with zero attached hydrogens (tertiary/aromatic N) is 1. The maximum Gasteiger partial charge on any atom is 0.313 e. The van der Waals surface area contributed by atoms with Crippen LogP contribution in [-0.4, -0.2) is 29.3 Å². The molecule has 0 heterocycles. The number of aryl methyl sites for hydroxylation is 1. The number of hydrogen-bond donors (Lipinski definition) is 2. The van der Waals surface area contributed by atoms with Gasteiger partial charge in [-0.2, -0.15) is 0 Å². The summed E-state index contributed by atoms with van der Waals surface area (Å²) in [6.45, 7) is 3.98. The van der Waals surface area contributed by atoms with Crippen LogP contribution in [0.15, 0.2) is 48.5 Å². The summed E-state index contributed by atoms with van der Waals surface area (Å²) in [5.74, 6) is 0.176. The highest BCUT2D eigenvalue weighted by Crippen LogP contribution is 2.30. The van der Waals surface area contributed by atoms with E-state index in [1.54, 1.807) is 19.1 Å². The van der Waals surface area contributed by atoms with Crippen molar-refractivity contribution in [1.29, 1.82) is 0 Å². The van der Waals surface area contributed by atoms with Crippen molar-refractivity contribution in [3.63, 3.8) is 0 Å². The van der Waals surface area contributed by atoms with E-state index in [4.69, 9.17) is 4.74 Å². The number of ether oxygens (including phenoxy) is 1. The first-order chi connectivity index (χ1) is 11.5. The summed E-state index contributed by atoms with van der Waals surface area (Å²) in [6, 6.07) is 14.9. The highest BCUT2D eigenvalue weighted by molar-refractivity contribution is 5.52. The standard InChI is InChI=1S/C18H22N2O4/c1-13-7-6-10-17(18(13)20(22)23)24-12-16(21)11-19-14(2)15-8-4-3-5-9-15/h3-10,14,16,19,21H,11-12H2,1-2H3/t14-,16?/m1/s1. The number of nitrogens with one attached hydrogen (secondary N) is 1. The van der Waals surface area contributed by atoms with E-state index in [0.29, 0.717) is 12.1 Å². The second kappa shape index (κ2) is 8.42. The van der Waals surface area contributed by atoms with Gasteiger partial charge >= 0.3 is 5.69 Å². The van der Waals surface area contributed by atoms with E-state index in [-0.39, 0.29) is 24.1 Å². The molecule has 6 heteroatoms. The Morgan fingerprint density at radius 2 is 1.92 bits per heavy atom. The number of aliphatic hydroxyl groups is 1. The minimum Gasteiger partial charge on any atom is -0.484 e. The van der Waals surface area contributed by atoms with E-state index in [0.717, 1.165) is 5.56 Å². The third kappa shape index (κ3) is 4.78. The van der Waals surface area contributed by atoms with Crippen LogP contribution in [0.4, 0.5) is 5.69 Å². The minimum absolute atomic E-state index is 0.0151. The number of rotatable bonds is 8. The quantitative estimate of drug-likeness (QED) is 0.574. The fourth-order valence-corrected chi connectivity index (χ4v) is 2.40. The number of aliphatic hydroxyl groups excluding tert-OH is 1. The maximum absolute atomic E-state index is 11.1. The zero-order valence-corrected chi connectivity index (χ0v) is 13.8. The van der Waals surface area contributed by atoms with Gasteiger partial charge in [0, 0.05) is 18.2 Å². The molecule has 0 aliphatic rings. The number of para-hydroxylation sites is 1. The minimum atomic E-state index is -0.767. The van der Waals surface area contributed by atoms with Gasteiger partial charge in [0.2, 0.25) is 0 Å². The third-order valence-electron chi connectivity index (χ3n) is 3.77. The first-order valence-electron chi connectivity index (χ1n) is 7.82. The molecule has 0 saturated heterocycles. The summed E-state index contributed by atoms with van der Waals surface area (Å²) in [5, 5.41) is 24.4. The molecule has 128 valence electrons. The molecule has 2 rings (SSSR count). The first-order valence-corrected chi connectivity index (χ1v) is 7.82. The summed E-state index contributed by atoms with van der Waals surface area (Å²) < 4.78 is 5.45. The lowest BCUT2D eigenvalue weighted by Gasteiger charge is -2.18. The van der Waals surface area contributed by atoms with Gasteiger partial charge in [-0.05, 0) is 25.5 Å².